The summed E-state index contributed by atoms with van der Waals surface area (Å²) >= 11 is 0. The van der Waals surface area contributed by atoms with Crippen molar-refractivity contribution in [3.8, 4) is 0 Å². The van der Waals surface area contributed by atoms with E-state index in [9.17, 15) is 4.79 Å². The Bertz CT molecular complexity index is 438. The molecular formula is C15H23N3O. The SMILES string of the molecule is CNC1CCN(CC(=O)Nc2c(C)cccc2C)C1. The van der Waals surface area contributed by atoms with Crippen LogP contribution >= 0.6 is 0 Å². The Morgan fingerprint density at radius 2 is 2.05 bits per heavy atom. The van der Waals surface area contributed by atoms with Crippen LogP contribution in [0.4, 0.5) is 5.69 Å². The molecule has 4 heteroatoms. The first-order valence-corrected chi connectivity index (χ1v) is 6.86. The standard InChI is InChI=1S/C15H23N3O/c1-11-5-4-6-12(2)15(11)17-14(19)10-18-8-7-13(9-18)16-3/h4-6,13,16H,7-10H2,1-3H3,(H,17,19). The first kappa shape index (κ1) is 14.0. The Morgan fingerprint density at radius 3 is 2.63 bits per heavy atom. The number of amides is 1. The van der Waals surface area contributed by atoms with E-state index in [0.29, 0.717) is 12.6 Å². The third-order valence-electron chi connectivity index (χ3n) is 3.79. The molecule has 1 fully saturated rings. The van der Waals surface area contributed by atoms with Gasteiger partial charge in [0.2, 0.25) is 5.91 Å². The van der Waals surface area contributed by atoms with Gasteiger partial charge in [-0.15, -0.1) is 0 Å². The fourth-order valence-corrected chi connectivity index (χ4v) is 2.61. The molecule has 2 rings (SSSR count). The Kier molecular flexibility index (Phi) is 4.56. The number of nitrogens with one attached hydrogen (secondary N) is 2. The Labute approximate surface area is 115 Å². The molecule has 1 atom stereocenters. The predicted octanol–water partition coefficient (Wildman–Crippen LogP) is 1.54. The summed E-state index contributed by atoms with van der Waals surface area (Å²) in [5, 5.41) is 6.30. The molecule has 1 aromatic rings. The minimum absolute atomic E-state index is 0.0779. The van der Waals surface area contributed by atoms with Gasteiger partial charge in [0.1, 0.15) is 0 Å². The number of para-hydroxylation sites is 1. The van der Waals surface area contributed by atoms with E-state index in [-0.39, 0.29) is 5.91 Å². The second-order valence-electron chi connectivity index (χ2n) is 5.32. The van der Waals surface area contributed by atoms with Gasteiger partial charge in [-0.2, -0.15) is 0 Å². The number of anilines is 1. The van der Waals surface area contributed by atoms with Gasteiger partial charge in [-0.05, 0) is 38.4 Å². The minimum Gasteiger partial charge on any atom is -0.324 e. The maximum absolute atomic E-state index is 12.1. The van der Waals surface area contributed by atoms with Gasteiger partial charge in [-0.25, -0.2) is 0 Å². The van der Waals surface area contributed by atoms with Gasteiger partial charge in [-0.3, -0.25) is 9.69 Å². The van der Waals surface area contributed by atoms with E-state index in [1.807, 2.05) is 39.1 Å². The van der Waals surface area contributed by atoms with Crippen LogP contribution in [0.3, 0.4) is 0 Å². The number of hydrogen-bond acceptors (Lipinski definition) is 3. The molecule has 19 heavy (non-hydrogen) atoms. The van der Waals surface area contributed by atoms with Crippen molar-refractivity contribution >= 4 is 11.6 Å². The van der Waals surface area contributed by atoms with E-state index < -0.39 is 0 Å². The molecule has 0 aliphatic carbocycles. The fraction of sp³-hybridized carbons (Fsp3) is 0.533. The zero-order valence-electron chi connectivity index (χ0n) is 12.0. The highest BCUT2D eigenvalue weighted by Gasteiger charge is 2.22. The van der Waals surface area contributed by atoms with Crippen LogP contribution in [0.2, 0.25) is 0 Å². The zero-order valence-corrected chi connectivity index (χ0v) is 12.0. The number of nitrogens with zero attached hydrogens (tertiary/aromatic N) is 1. The van der Waals surface area contributed by atoms with Gasteiger partial charge in [0, 0.05) is 24.8 Å². The third-order valence-corrected chi connectivity index (χ3v) is 3.79. The summed E-state index contributed by atoms with van der Waals surface area (Å²) in [4.78, 5) is 14.3. The minimum atomic E-state index is 0.0779. The smallest absolute Gasteiger partial charge is 0.238 e. The van der Waals surface area contributed by atoms with Crippen molar-refractivity contribution in [1.82, 2.24) is 10.2 Å². The molecule has 1 heterocycles. The van der Waals surface area contributed by atoms with E-state index >= 15 is 0 Å². The number of hydrogen-bond donors (Lipinski definition) is 2. The number of benzene rings is 1. The lowest BCUT2D eigenvalue weighted by Gasteiger charge is -2.17. The zero-order chi connectivity index (χ0) is 13.8. The molecule has 4 nitrogen and oxygen atoms in total. The molecule has 1 aliphatic rings. The van der Waals surface area contributed by atoms with Gasteiger partial charge in [0.05, 0.1) is 6.54 Å². The largest absolute Gasteiger partial charge is 0.324 e. The number of aryl methyl sites for hydroxylation is 2. The van der Waals surface area contributed by atoms with Crippen molar-refractivity contribution in [2.75, 3.05) is 32.0 Å². The van der Waals surface area contributed by atoms with Crippen LogP contribution in [0, 0.1) is 13.8 Å². The van der Waals surface area contributed by atoms with E-state index in [1.54, 1.807) is 0 Å². The molecule has 1 aliphatic heterocycles. The van der Waals surface area contributed by atoms with Gasteiger partial charge in [0.25, 0.3) is 0 Å². The maximum atomic E-state index is 12.1. The maximum Gasteiger partial charge on any atom is 0.238 e. The number of likely N-dealkylation sites (tertiary alicyclic amines) is 1. The first-order valence-electron chi connectivity index (χ1n) is 6.86. The molecule has 1 unspecified atom stereocenters. The highest BCUT2D eigenvalue weighted by Crippen LogP contribution is 2.19. The molecular weight excluding hydrogens is 238 g/mol. The Balaban J connectivity index is 1.91. The second kappa shape index (κ2) is 6.17. The van der Waals surface area contributed by atoms with Gasteiger partial charge in [-0.1, -0.05) is 18.2 Å². The summed E-state index contributed by atoms with van der Waals surface area (Å²) in [5.41, 5.74) is 3.18. The van der Waals surface area contributed by atoms with Gasteiger partial charge in [0.15, 0.2) is 0 Å². The average Bonchev–Trinajstić information content (AvgIpc) is 2.81. The Hall–Kier alpha value is -1.39. The van der Waals surface area contributed by atoms with Crippen LogP contribution in [0.1, 0.15) is 17.5 Å². The predicted molar refractivity (Wildman–Crippen MR) is 78.5 cm³/mol. The lowest BCUT2D eigenvalue weighted by atomic mass is 10.1. The van der Waals surface area contributed by atoms with E-state index in [4.69, 9.17) is 0 Å². The van der Waals surface area contributed by atoms with Crippen molar-refractivity contribution in [1.29, 1.82) is 0 Å². The van der Waals surface area contributed by atoms with Crippen molar-refractivity contribution < 1.29 is 4.79 Å². The summed E-state index contributed by atoms with van der Waals surface area (Å²) in [6.45, 7) is 6.47. The molecule has 0 radical (unpaired) electrons. The van der Waals surface area contributed by atoms with Gasteiger partial charge < -0.3 is 10.6 Å². The summed E-state index contributed by atoms with van der Waals surface area (Å²) in [6, 6.07) is 6.58. The molecule has 1 aromatic carbocycles. The summed E-state index contributed by atoms with van der Waals surface area (Å²) in [7, 11) is 1.98. The van der Waals surface area contributed by atoms with Crippen LogP contribution in [0.25, 0.3) is 0 Å². The lowest BCUT2D eigenvalue weighted by Crippen LogP contribution is -2.34. The highest BCUT2D eigenvalue weighted by molar-refractivity contribution is 5.93. The van der Waals surface area contributed by atoms with E-state index in [2.05, 4.69) is 15.5 Å². The second-order valence-corrected chi connectivity index (χ2v) is 5.32. The molecule has 0 aromatic heterocycles. The first-order chi connectivity index (χ1) is 9.10. The Morgan fingerprint density at radius 1 is 1.37 bits per heavy atom. The summed E-state index contributed by atoms with van der Waals surface area (Å²) in [6.07, 6.45) is 1.12. The monoisotopic (exact) mass is 261 g/mol. The summed E-state index contributed by atoms with van der Waals surface area (Å²) in [5.74, 6) is 0.0779. The molecule has 0 saturated carbocycles. The van der Waals surface area contributed by atoms with E-state index in [1.165, 1.54) is 0 Å². The third kappa shape index (κ3) is 3.55. The van der Waals surface area contributed by atoms with Gasteiger partial charge >= 0.3 is 0 Å². The normalized spacial score (nSPS) is 19.6. The summed E-state index contributed by atoms with van der Waals surface area (Å²) < 4.78 is 0. The van der Waals surface area contributed by atoms with Crippen LogP contribution in [0.15, 0.2) is 18.2 Å². The number of carbonyl (C=O) groups excluding carboxylic acids is 1. The molecule has 1 saturated heterocycles. The van der Waals surface area contributed by atoms with Crippen LogP contribution in [0.5, 0.6) is 0 Å². The van der Waals surface area contributed by atoms with Crippen molar-refractivity contribution in [2.45, 2.75) is 26.3 Å². The number of likely N-dealkylation sites (N-methyl/N-ethyl adjacent to an activating group) is 1. The lowest BCUT2D eigenvalue weighted by molar-refractivity contribution is -0.117. The van der Waals surface area contributed by atoms with Crippen molar-refractivity contribution in [2.24, 2.45) is 0 Å². The topological polar surface area (TPSA) is 44.4 Å². The quantitative estimate of drug-likeness (QED) is 0.864. The van der Waals surface area contributed by atoms with E-state index in [0.717, 1.165) is 36.3 Å². The average molecular weight is 261 g/mol. The van der Waals surface area contributed by atoms with Crippen LogP contribution < -0.4 is 10.6 Å². The number of carbonyl (C=O) groups is 1. The van der Waals surface area contributed by atoms with Crippen molar-refractivity contribution in [3.05, 3.63) is 29.3 Å². The molecule has 1 amide bonds. The molecule has 0 bridgehead atoms. The number of rotatable bonds is 4. The highest BCUT2D eigenvalue weighted by atomic mass is 16.2. The van der Waals surface area contributed by atoms with Crippen LogP contribution in [-0.4, -0.2) is 43.5 Å². The molecule has 104 valence electrons. The van der Waals surface area contributed by atoms with Crippen molar-refractivity contribution in [3.63, 3.8) is 0 Å². The molecule has 2 N–H and O–H groups in total. The molecule has 0 spiro atoms. The van der Waals surface area contributed by atoms with Crippen LogP contribution in [-0.2, 0) is 4.79 Å². The fourth-order valence-electron chi connectivity index (χ4n) is 2.61.